The van der Waals surface area contributed by atoms with Crippen molar-refractivity contribution >= 4 is 6.21 Å². The molecule has 0 aromatic carbocycles. The Kier molecular flexibility index (Phi) is 3.16. The van der Waals surface area contributed by atoms with Crippen molar-refractivity contribution in [3.63, 3.8) is 0 Å². The number of allylic oxidation sites excluding steroid dienone is 2. The minimum Gasteiger partial charge on any atom is -0.308 e. The summed E-state index contributed by atoms with van der Waals surface area (Å²) in [6.45, 7) is 6.13. The molecule has 0 saturated carbocycles. The van der Waals surface area contributed by atoms with Gasteiger partial charge in [0.05, 0.1) is 0 Å². The van der Waals surface area contributed by atoms with Gasteiger partial charge < -0.3 is 5.41 Å². The predicted molar refractivity (Wildman–Crippen MR) is 37.4 cm³/mol. The second kappa shape index (κ2) is 3.42. The van der Waals surface area contributed by atoms with E-state index in [1.807, 2.05) is 13.0 Å². The van der Waals surface area contributed by atoms with Crippen molar-refractivity contribution in [1.29, 1.82) is 5.41 Å². The molecule has 0 radical (unpaired) electrons. The third-order valence-corrected chi connectivity index (χ3v) is 1.17. The molecular weight excluding hydrogens is 98.1 g/mol. The average molecular weight is 111 g/mol. The van der Waals surface area contributed by atoms with Crippen LogP contribution in [-0.2, 0) is 0 Å². The summed E-state index contributed by atoms with van der Waals surface area (Å²) >= 11 is 0. The molecule has 0 heterocycles. The first-order valence-electron chi connectivity index (χ1n) is 2.89. The molecule has 1 nitrogen and oxygen atoms in total. The number of nitrogens with one attached hydrogen (secondary N) is 1. The molecule has 8 heavy (non-hydrogen) atoms. The summed E-state index contributed by atoms with van der Waals surface area (Å²) in [7, 11) is 0. The second-order valence-corrected chi connectivity index (χ2v) is 2.09. The van der Waals surface area contributed by atoms with Crippen molar-refractivity contribution in [3.05, 3.63) is 11.6 Å². The fraction of sp³-hybridized carbons (Fsp3) is 0.571. The van der Waals surface area contributed by atoms with Gasteiger partial charge in [0, 0.05) is 6.21 Å². The Morgan fingerprint density at radius 2 is 2.00 bits per heavy atom. The molecular formula is C7H13N. The number of rotatable bonds is 2. The van der Waals surface area contributed by atoms with Gasteiger partial charge in [-0.1, -0.05) is 19.9 Å². The van der Waals surface area contributed by atoms with Crippen LogP contribution >= 0.6 is 0 Å². The summed E-state index contributed by atoms with van der Waals surface area (Å²) in [6, 6.07) is 0. The molecule has 0 aliphatic heterocycles. The lowest BCUT2D eigenvalue weighted by Gasteiger charge is -2.01. The van der Waals surface area contributed by atoms with Gasteiger partial charge in [0.15, 0.2) is 0 Å². The lowest BCUT2D eigenvalue weighted by atomic mass is 10.1. The summed E-state index contributed by atoms with van der Waals surface area (Å²) in [4.78, 5) is 0. The Morgan fingerprint density at radius 1 is 1.50 bits per heavy atom. The van der Waals surface area contributed by atoms with Crippen LogP contribution in [0.4, 0.5) is 0 Å². The summed E-state index contributed by atoms with van der Waals surface area (Å²) in [6.07, 6.45) is 3.38. The quantitative estimate of drug-likeness (QED) is 0.528. The monoisotopic (exact) mass is 111 g/mol. The fourth-order valence-corrected chi connectivity index (χ4v) is 0.583. The van der Waals surface area contributed by atoms with E-state index in [-0.39, 0.29) is 0 Å². The van der Waals surface area contributed by atoms with Gasteiger partial charge in [-0.2, -0.15) is 0 Å². The maximum absolute atomic E-state index is 6.90. The Hall–Kier alpha value is -0.590. The summed E-state index contributed by atoms with van der Waals surface area (Å²) in [5.74, 6) is 0.498. The standard InChI is InChI=1S/C7H13N/c1-4-7(5-8)6(2)3/h4-6,8H,1-3H3/b7-4+,8-5?. The van der Waals surface area contributed by atoms with E-state index in [9.17, 15) is 0 Å². The minimum atomic E-state index is 0.498. The van der Waals surface area contributed by atoms with Crippen molar-refractivity contribution in [2.24, 2.45) is 5.92 Å². The lowest BCUT2D eigenvalue weighted by molar-refractivity contribution is 0.804. The summed E-state index contributed by atoms with van der Waals surface area (Å²) in [5.41, 5.74) is 1.10. The van der Waals surface area contributed by atoms with Crippen molar-refractivity contribution in [3.8, 4) is 0 Å². The highest BCUT2D eigenvalue weighted by molar-refractivity contribution is 5.75. The van der Waals surface area contributed by atoms with Crippen LogP contribution in [0.15, 0.2) is 11.6 Å². The lowest BCUT2D eigenvalue weighted by Crippen LogP contribution is -1.92. The van der Waals surface area contributed by atoms with Crippen molar-refractivity contribution in [2.45, 2.75) is 20.8 Å². The summed E-state index contributed by atoms with van der Waals surface area (Å²) in [5, 5.41) is 6.90. The van der Waals surface area contributed by atoms with E-state index < -0.39 is 0 Å². The van der Waals surface area contributed by atoms with Crippen LogP contribution in [0.5, 0.6) is 0 Å². The first kappa shape index (κ1) is 7.41. The SMILES string of the molecule is C/C=C(\C=N)C(C)C. The zero-order chi connectivity index (χ0) is 6.57. The van der Waals surface area contributed by atoms with Gasteiger partial charge in [-0.25, -0.2) is 0 Å². The van der Waals surface area contributed by atoms with E-state index in [0.29, 0.717) is 5.92 Å². The molecule has 46 valence electrons. The van der Waals surface area contributed by atoms with Crippen LogP contribution in [0, 0.1) is 11.3 Å². The predicted octanol–water partition coefficient (Wildman–Crippen LogP) is 2.24. The van der Waals surface area contributed by atoms with Crippen molar-refractivity contribution < 1.29 is 0 Å². The van der Waals surface area contributed by atoms with Crippen LogP contribution < -0.4 is 0 Å². The molecule has 0 aliphatic rings. The molecule has 0 amide bonds. The molecule has 0 spiro atoms. The second-order valence-electron chi connectivity index (χ2n) is 2.09. The molecule has 0 aliphatic carbocycles. The molecule has 0 unspecified atom stereocenters. The third kappa shape index (κ3) is 1.92. The van der Waals surface area contributed by atoms with Crippen molar-refractivity contribution in [2.75, 3.05) is 0 Å². The molecule has 0 aromatic rings. The first-order valence-corrected chi connectivity index (χ1v) is 2.89. The van der Waals surface area contributed by atoms with E-state index in [1.165, 1.54) is 6.21 Å². The molecule has 1 heteroatoms. The Labute approximate surface area is 50.9 Å². The third-order valence-electron chi connectivity index (χ3n) is 1.17. The summed E-state index contributed by atoms with van der Waals surface area (Å²) < 4.78 is 0. The van der Waals surface area contributed by atoms with E-state index in [0.717, 1.165) is 5.57 Å². The van der Waals surface area contributed by atoms with E-state index in [2.05, 4.69) is 13.8 Å². The molecule has 0 bridgehead atoms. The molecule has 1 N–H and O–H groups in total. The van der Waals surface area contributed by atoms with Gasteiger partial charge in [-0.3, -0.25) is 0 Å². The minimum absolute atomic E-state index is 0.498. The first-order chi connectivity index (χ1) is 3.72. The highest BCUT2D eigenvalue weighted by Gasteiger charge is 1.94. The largest absolute Gasteiger partial charge is 0.308 e. The van der Waals surface area contributed by atoms with Gasteiger partial charge in [0.1, 0.15) is 0 Å². The van der Waals surface area contributed by atoms with Crippen LogP contribution in [-0.4, -0.2) is 6.21 Å². The fourth-order valence-electron chi connectivity index (χ4n) is 0.583. The van der Waals surface area contributed by atoms with Crippen molar-refractivity contribution in [1.82, 2.24) is 0 Å². The van der Waals surface area contributed by atoms with Gasteiger partial charge >= 0.3 is 0 Å². The molecule has 0 aromatic heterocycles. The van der Waals surface area contributed by atoms with Crippen LogP contribution in [0.3, 0.4) is 0 Å². The Morgan fingerprint density at radius 3 is 2.00 bits per heavy atom. The van der Waals surface area contributed by atoms with Gasteiger partial charge in [0.25, 0.3) is 0 Å². The van der Waals surface area contributed by atoms with Gasteiger partial charge in [-0.15, -0.1) is 0 Å². The van der Waals surface area contributed by atoms with E-state index >= 15 is 0 Å². The number of hydrogen-bond acceptors (Lipinski definition) is 1. The molecule has 0 fully saturated rings. The maximum atomic E-state index is 6.90. The highest BCUT2D eigenvalue weighted by atomic mass is 14.3. The van der Waals surface area contributed by atoms with Crippen LogP contribution in [0.2, 0.25) is 0 Å². The normalized spacial score (nSPS) is 12.2. The van der Waals surface area contributed by atoms with Gasteiger partial charge in [-0.05, 0) is 18.4 Å². The smallest absolute Gasteiger partial charge is 0.0209 e. The van der Waals surface area contributed by atoms with E-state index in [1.54, 1.807) is 0 Å². The molecule has 0 rings (SSSR count). The van der Waals surface area contributed by atoms with Crippen LogP contribution in [0.25, 0.3) is 0 Å². The Bertz CT molecular complexity index is 101. The van der Waals surface area contributed by atoms with Crippen LogP contribution in [0.1, 0.15) is 20.8 Å². The Balaban J connectivity index is 3.91. The molecule has 0 atom stereocenters. The number of hydrogen-bond donors (Lipinski definition) is 1. The highest BCUT2D eigenvalue weighted by Crippen LogP contribution is 2.04. The van der Waals surface area contributed by atoms with E-state index in [4.69, 9.17) is 5.41 Å². The zero-order valence-corrected chi connectivity index (χ0v) is 5.73. The average Bonchev–Trinajstić information content (AvgIpc) is 1.69. The topological polar surface area (TPSA) is 23.9 Å². The van der Waals surface area contributed by atoms with Gasteiger partial charge in [0.2, 0.25) is 0 Å². The maximum Gasteiger partial charge on any atom is 0.0209 e. The zero-order valence-electron chi connectivity index (χ0n) is 5.73. The molecule has 0 saturated heterocycles.